The summed E-state index contributed by atoms with van der Waals surface area (Å²) in [5, 5.41) is -0.550. The molecule has 1 amide bonds. The van der Waals surface area contributed by atoms with Crippen molar-refractivity contribution in [1.29, 1.82) is 0 Å². The second kappa shape index (κ2) is 3.94. The molecule has 0 saturated carbocycles. The van der Waals surface area contributed by atoms with Gasteiger partial charge in [-0.25, -0.2) is 0 Å². The molecule has 1 aromatic carbocycles. The summed E-state index contributed by atoms with van der Waals surface area (Å²) in [6.07, 6.45) is 0.321. The Morgan fingerprint density at radius 1 is 1.47 bits per heavy atom. The molecule has 1 heterocycles. The molecular weight excluding hydrogens is 281 g/mol. The summed E-state index contributed by atoms with van der Waals surface area (Å²) in [5.74, 6) is 0.0421. The van der Waals surface area contributed by atoms with Crippen LogP contribution in [0.2, 0.25) is 0 Å². The zero-order chi connectivity index (χ0) is 11.0. The van der Waals surface area contributed by atoms with E-state index in [2.05, 4.69) is 15.9 Å². The molecule has 0 fully saturated rings. The van der Waals surface area contributed by atoms with E-state index in [1.54, 1.807) is 18.2 Å². The lowest BCUT2D eigenvalue weighted by atomic mass is 10.0. The SMILES string of the molecule is O=C1CCN(C(=O)Cl)c2ccc(Br)cc21. The van der Waals surface area contributed by atoms with Crippen molar-refractivity contribution < 1.29 is 9.59 Å². The average Bonchev–Trinajstić information content (AvgIpc) is 2.19. The largest absolute Gasteiger partial charge is 0.320 e. The minimum atomic E-state index is -0.550. The van der Waals surface area contributed by atoms with E-state index in [0.29, 0.717) is 24.2 Å². The number of benzene rings is 1. The molecule has 0 spiro atoms. The minimum absolute atomic E-state index is 0.0421. The molecule has 1 aliphatic rings. The van der Waals surface area contributed by atoms with Crippen molar-refractivity contribution in [2.75, 3.05) is 11.4 Å². The highest BCUT2D eigenvalue weighted by Gasteiger charge is 2.26. The normalized spacial score (nSPS) is 15.1. The lowest BCUT2D eigenvalue weighted by Crippen LogP contribution is -2.33. The molecule has 0 radical (unpaired) electrons. The molecule has 0 aliphatic carbocycles. The summed E-state index contributed by atoms with van der Waals surface area (Å²) in [6, 6.07) is 5.21. The zero-order valence-corrected chi connectivity index (χ0v) is 10.0. The van der Waals surface area contributed by atoms with Gasteiger partial charge in [0.25, 0.3) is 0 Å². The maximum absolute atomic E-state index is 11.6. The number of carbonyl (C=O) groups is 2. The molecular formula is C10H7BrClNO2. The Morgan fingerprint density at radius 2 is 2.20 bits per heavy atom. The highest BCUT2D eigenvalue weighted by atomic mass is 79.9. The predicted octanol–water partition coefficient (Wildman–Crippen LogP) is 3.20. The number of Topliss-reactive ketones (excluding diaryl/α,β-unsaturated/α-hetero) is 1. The van der Waals surface area contributed by atoms with E-state index in [1.807, 2.05) is 0 Å². The Labute approximate surface area is 100 Å². The maximum Gasteiger partial charge on any atom is 0.320 e. The van der Waals surface area contributed by atoms with E-state index in [4.69, 9.17) is 11.6 Å². The van der Waals surface area contributed by atoms with E-state index in [9.17, 15) is 9.59 Å². The smallest absolute Gasteiger partial charge is 0.298 e. The molecule has 0 N–H and O–H groups in total. The van der Waals surface area contributed by atoms with Crippen molar-refractivity contribution in [3.8, 4) is 0 Å². The Balaban J connectivity index is 2.55. The van der Waals surface area contributed by atoms with Gasteiger partial charge in [0.1, 0.15) is 0 Å². The monoisotopic (exact) mass is 287 g/mol. The van der Waals surface area contributed by atoms with E-state index in [0.717, 1.165) is 4.47 Å². The minimum Gasteiger partial charge on any atom is -0.298 e. The third-order valence-corrected chi connectivity index (χ3v) is 3.02. The van der Waals surface area contributed by atoms with E-state index in [1.165, 1.54) is 4.90 Å². The molecule has 0 bridgehead atoms. The van der Waals surface area contributed by atoms with Gasteiger partial charge in [0.15, 0.2) is 5.78 Å². The van der Waals surface area contributed by atoms with Gasteiger partial charge in [-0.15, -0.1) is 0 Å². The number of carbonyl (C=O) groups excluding carboxylic acids is 2. The van der Waals surface area contributed by atoms with Crippen molar-refractivity contribution in [2.45, 2.75) is 6.42 Å². The molecule has 3 nitrogen and oxygen atoms in total. The number of amides is 1. The average molecular weight is 289 g/mol. The van der Waals surface area contributed by atoms with Gasteiger partial charge in [-0.05, 0) is 29.8 Å². The van der Waals surface area contributed by atoms with Gasteiger partial charge in [-0.1, -0.05) is 15.9 Å². The standard InChI is InChI=1S/C10H7BrClNO2/c11-6-1-2-8-7(5-6)9(14)3-4-13(8)10(12)15/h1-2,5H,3-4H2. The number of hydrogen-bond acceptors (Lipinski definition) is 2. The Hall–Kier alpha value is -0.870. The summed E-state index contributed by atoms with van der Waals surface area (Å²) < 4.78 is 0.818. The van der Waals surface area contributed by atoms with Crippen LogP contribution in [0.1, 0.15) is 16.8 Å². The number of anilines is 1. The molecule has 0 aromatic heterocycles. The van der Waals surface area contributed by atoms with E-state index >= 15 is 0 Å². The molecule has 0 saturated heterocycles. The third-order valence-electron chi connectivity index (χ3n) is 2.32. The lowest BCUT2D eigenvalue weighted by Gasteiger charge is -2.26. The van der Waals surface area contributed by atoms with Gasteiger partial charge in [0.05, 0.1) is 5.69 Å². The Bertz CT molecular complexity index is 447. The van der Waals surface area contributed by atoms with Crippen molar-refractivity contribution in [3.05, 3.63) is 28.2 Å². The molecule has 78 valence electrons. The highest BCUT2D eigenvalue weighted by molar-refractivity contribution is 9.10. The number of nitrogens with zero attached hydrogens (tertiary/aromatic N) is 1. The molecule has 5 heteroatoms. The molecule has 1 aliphatic heterocycles. The zero-order valence-electron chi connectivity index (χ0n) is 7.67. The van der Waals surface area contributed by atoms with Crippen molar-refractivity contribution >= 4 is 44.4 Å². The molecule has 1 aromatic rings. The van der Waals surface area contributed by atoms with Crippen LogP contribution in [0.3, 0.4) is 0 Å². The quantitative estimate of drug-likeness (QED) is 0.543. The molecule has 0 unspecified atom stereocenters. The number of rotatable bonds is 0. The van der Waals surface area contributed by atoms with E-state index < -0.39 is 5.37 Å². The fourth-order valence-corrected chi connectivity index (χ4v) is 2.15. The Morgan fingerprint density at radius 3 is 2.87 bits per heavy atom. The van der Waals surface area contributed by atoms with Gasteiger partial charge in [-0.2, -0.15) is 0 Å². The summed E-state index contributed by atoms with van der Waals surface area (Å²) in [4.78, 5) is 24.1. The second-order valence-corrected chi connectivity index (χ2v) is 4.48. The van der Waals surface area contributed by atoms with Gasteiger partial charge in [0, 0.05) is 23.0 Å². The molecule has 0 atom stereocenters. The summed E-state index contributed by atoms with van der Waals surface area (Å²) in [5.41, 5.74) is 1.14. The van der Waals surface area contributed by atoms with Gasteiger partial charge in [0.2, 0.25) is 0 Å². The molecule has 15 heavy (non-hydrogen) atoms. The number of fused-ring (bicyclic) bond motifs is 1. The van der Waals surface area contributed by atoms with Crippen LogP contribution in [0, 0.1) is 0 Å². The maximum atomic E-state index is 11.6. The van der Waals surface area contributed by atoms with Crippen molar-refractivity contribution in [1.82, 2.24) is 0 Å². The van der Waals surface area contributed by atoms with Crippen molar-refractivity contribution in [3.63, 3.8) is 0 Å². The first kappa shape index (κ1) is 10.6. The van der Waals surface area contributed by atoms with E-state index in [-0.39, 0.29) is 5.78 Å². The first-order chi connectivity index (χ1) is 7.09. The van der Waals surface area contributed by atoms with Gasteiger partial charge >= 0.3 is 5.37 Å². The number of ketones is 1. The highest BCUT2D eigenvalue weighted by Crippen LogP contribution is 2.30. The predicted molar refractivity (Wildman–Crippen MR) is 61.7 cm³/mol. The summed E-state index contributed by atoms with van der Waals surface area (Å²) in [7, 11) is 0. The Kier molecular flexibility index (Phi) is 2.80. The first-order valence-electron chi connectivity index (χ1n) is 4.39. The summed E-state index contributed by atoms with van der Waals surface area (Å²) in [6.45, 7) is 0.357. The van der Waals surface area contributed by atoms with Gasteiger partial charge < -0.3 is 0 Å². The van der Waals surface area contributed by atoms with Crippen LogP contribution >= 0.6 is 27.5 Å². The first-order valence-corrected chi connectivity index (χ1v) is 5.56. The fraction of sp³-hybridized carbons (Fsp3) is 0.200. The van der Waals surface area contributed by atoms with Crippen LogP contribution in [0.25, 0.3) is 0 Å². The second-order valence-electron chi connectivity index (χ2n) is 3.24. The van der Waals surface area contributed by atoms with Crippen LogP contribution in [0.4, 0.5) is 10.5 Å². The van der Waals surface area contributed by atoms with Crippen LogP contribution in [-0.2, 0) is 0 Å². The molecule has 2 rings (SSSR count). The van der Waals surface area contributed by atoms with Gasteiger partial charge in [-0.3, -0.25) is 14.5 Å². The summed E-state index contributed by atoms with van der Waals surface area (Å²) >= 11 is 8.72. The lowest BCUT2D eigenvalue weighted by molar-refractivity contribution is 0.0981. The van der Waals surface area contributed by atoms with Crippen LogP contribution in [0.15, 0.2) is 22.7 Å². The van der Waals surface area contributed by atoms with Crippen LogP contribution in [0.5, 0.6) is 0 Å². The topological polar surface area (TPSA) is 37.4 Å². The van der Waals surface area contributed by atoms with Crippen LogP contribution in [-0.4, -0.2) is 17.7 Å². The third kappa shape index (κ3) is 1.92. The van der Waals surface area contributed by atoms with Crippen LogP contribution < -0.4 is 4.90 Å². The number of hydrogen-bond donors (Lipinski definition) is 0. The number of halogens is 2. The fourth-order valence-electron chi connectivity index (χ4n) is 1.62. The van der Waals surface area contributed by atoms with Crippen molar-refractivity contribution in [2.24, 2.45) is 0 Å².